The number of benzene rings is 3. The monoisotopic (exact) mass is 326 g/mol. The molecule has 0 fully saturated rings. The Morgan fingerprint density at radius 1 is 0.833 bits per heavy atom. The molecule has 3 aromatic rings. The fourth-order valence-corrected chi connectivity index (χ4v) is 6.06. The van der Waals surface area contributed by atoms with Crippen LogP contribution in [0.4, 0.5) is 0 Å². The summed E-state index contributed by atoms with van der Waals surface area (Å²) in [5.41, 5.74) is 4.91. The van der Waals surface area contributed by atoms with Gasteiger partial charge in [-0.1, -0.05) is 90.8 Å². The minimum Gasteiger partial charge on any atom is -0.115 e. The van der Waals surface area contributed by atoms with Crippen molar-refractivity contribution in [3.8, 4) is 11.5 Å². The molecule has 0 aliphatic heterocycles. The van der Waals surface area contributed by atoms with Crippen molar-refractivity contribution in [3.63, 3.8) is 0 Å². The lowest BCUT2D eigenvalue weighted by molar-refractivity contribution is 1.40. The maximum atomic E-state index is 3.66. The quantitative estimate of drug-likeness (QED) is 0.479. The van der Waals surface area contributed by atoms with E-state index in [0.29, 0.717) is 0 Å². The highest BCUT2D eigenvalue weighted by molar-refractivity contribution is 7.08. The van der Waals surface area contributed by atoms with E-state index in [2.05, 4.69) is 105 Å². The first-order valence-electron chi connectivity index (χ1n) is 8.31. The second-order valence-electron chi connectivity index (χ2n) is 6.51. The van der Waals surface area contributed by atoms with Gasteiger partial charge in [0.2, 0.25) is 0 Å². The SMILES string of the molecule is CC(C)=CC#C[Si@@](C)(c1ccccc1)c1cccc2ccccc12. The standard InChI is InChI=1S/C23H22Si/c1-19(2)11-10-18-24(3,21-14-5-4-6-15-21)23-17-9-13-20-12-7-8-16-22(20)23/h4-9,11-17H,1-3H3/t24-/m0/s1. The minimum absolute atomic E-state index is 1.24. The summed E-state index contributed by atoms with van der Waals surface area (Å²) < 4.78 is 0. The fraction of sp³-hybridized carbons (Fsp3) is 0.130. The van der Waals surface area contributed by atoms with Gasteiger partial charge in [-0.2, -0.15) is 0 Å². The van der Waals surface area contributed by atoms with Crippen molar-refractivity contribution in [1.82, 2.24) is 0 Å². The molecule has 118 valence electrons. The molecule has 0 bridgehead atoms. The molecule has 0 N–H and O–H groups in total. The molecule has 3 rings (SSSR count). The first-order valence-corrected chi connectivity index (χ1v) is 10.8. The largest absolute Gasteiger partial charge is 0.197 e. The maximum absolute atomic E-state index is 3.66. The smallest absolute Gasteiger partial charge is 0.115 e. The predicted octanol–water partition coefficient (Wildman–Crippen LogP) is 4.54. The van der Waals surface area contributed by atoms with Gasteiger partial charge in [0, 0.05) is 0 Å². The van der Waals surface area contributed by atoms with E-state index >= 15 is 0 Å². The Balaban J connectivity index is 2.28. The van der Waals surface area contributed by atoms with Crippen molar-refractivity contribution >= 4 is 29.2 Å². The van der Waals surface area contributed by atoms with E-state index in [1.54, 1.807) is 0 Å². The van der Waals surface area contributed by atoms with Gasteiger partial charge < -0.3 is 0 Å². The molecule has 0 saturated heterocycles. The zero-order valence-corrected chi connectivity index (χ0v) is 15.5. The van der Waals surface area contributed by atoms with Crippen LogP contribution >= 0.6 is 0 Å². The average molecular weight is 327 g/mol. The molecule has 0 spiro atoms. The molecule has 24 heavy (non-hydrogen) atoms. The summed E-state index contributed by atoms with van der Waals surface area (Å²) in [6, 6.07) is 26.0. The summed E-state index contributed by atoms with van der Waals surface area (Å²) in [6.07, 6.45) is 2.03. The van der Waals surface area contributed by atoms with Crippen LogP contribution in [0.3, 0.4) is 0 Å². The Bertz CT molecular complexity index is 932. The number of rotatable bonds is 2. The van der Waals surface area contributed by atoms with Crippen molar-refractivity contribution in [2.24, 2.45) is 0 Å². The van der Waals surface area contributed by atoms with Gasteiger partial charge in [0.1, 0.15) is 0 Å². The van der Waals surface area contributed by atoms with E-state index in [0.717, 1.165) is 0 Å². The molecular weight excluding hydrogens is 304 g/mol. The van der Waals surface area contributed by atoms with E-state index in [-0.39, 0.29) is 0 Å². The lowest BCUT2D eigenvalue weighted by Gasteiger charge is -2.24. The fourth-order valence-electron chi connectivity index (χ4n) is 3.05. The normalized spacial score (nSPS) is 12.8. The molecule has 0 amide bonds. The van der Waals surface area contributed by atoms with Crippen molar-refractivity contribution in [3.05, 3.63) is 84.4 Å². The summed E-state index contributed by atoms with van der Waals surface area (Å²) in [4.78, 5) is 0. The van der Waals surface area contributed by atoms with Gasteiger partial charge in [-0.15, -0.1) is 5.54 Å². The summed E-state index contributed by atoms with van der Waals surface area (Å²) in [5.74, 6) is 3.34. The van der Waals surface area contributed by atoms with Gasteiger partial charge in [0.15, 0.2) is 8.07 Å². The van der Waals surface area contributed by atoms with Gasteiger partial charge in [-0.05, 0) is 41.1 Å². The molecule has 0 heterocycles. The lowest BCUT2D eigenvalue weighted by atomic mass is 10.1. The highest BCUT2D eigenvalue weighted by atomic mass is 28.3. The lowest BCUT2D eigenvalue weighted by Crippen LogP contribution is -2.55. The summed E-state index contributed by atoms with van der Waals surface area (Å²) in [6.45, 7) is 6.54. The number of hydrogen-bond acceptors (Lipinski definition) is 0. The maximum Gasteiger partial charge on any atom is 0.197 e. The molecule has 0 aliphatic carbocycles. The molecular formula is C23H22Si. The van der Waals surface area contributed by atoms with Crippen molar-refractivity contribution in [1.29, 1.82) is 0 Å². The first-order chi connectivity index (χ1) is 11.6. The highest BCUT2D eigenvalue weighted by Gasteiger charge is 2.31. The Kier molecular flexibility index (Phi) is 4.69. The number of hydrogen-bond donors (Lipinski definition) is 0. The van der Waals surface area contributed by atoms with Gasteiger partial charge in [-0.3, -0.25) is 0 Å². The Hall–Kier alpha value is -2.56. The van der Waals surface area contributed by atoms with Crippen LogP contribution in [0.15, 0.2) is 84.4 Å². The van der Waals surface area contributed by atoms with E-state index in [9.17, 15) is 0 Å². The minimum atomic E-state index is -2.14. The van der Waals surface area contributed by atoms with Crippen molar-refractivity contribution in [2.45, 2.75) is 20.4 Å². The van der Waals surface area contributed by atoms with Crippen LogP contribution in [0.5, 0.6) is 0 Å². The van der Waals surface area contributed by atoms with Crippen LogP contribution in [0, 0.1) is 11.5 Å². The van der Waals surface area contributed by atoms with E-state index in [1.807, 2.05) is 6.08 Å². The van der Waals surface area contributed by atoms with Crippen molar-refractivity contribution in [2.75, 3.05) is 0 Å². The predicted molar refractivity (Wildman–Crippen MR) is 108 cm³/mol. The van der Waals surface area contributed by atoms with Crippen LogP contribution in [0.25, 0.3) is 10.8 Å². The molecule has 1 heteroatoms. The second kappa shape index (κ2) is 6.91. The third-order valence-corrected chi connectivity index (χ3v) is 8.01. The third kappa shape index (κ3) is 3.20. The molecule has 0 saturated carbocycles. The molecule has 0 nitrogen and oxygen atoms in total. The summed E-state index contributed by atoms with van der Waals surface area (Å²) >= 11 is 0. The Morgan fingerprint density at radius 3 is 2.25 bits per heavy atom. The Labute approximate surface area is 145 Å². The number of fused-ring (bicyclic) bond motifs is 1. The van der Waals surface area contributed by atoms with Crippen LogP contribution in [0.1, 0.15) is 13.8 Å². The summed E-state index contributed by atoms with van der Waals surface area (Å²) in [7, 11) is -2.14. The van der Waals surface area contributed by atoms with E-state index in [4.69, 9.17) is 0 Å². The molecule has 0 radical (unpaired) electrons. The molecule has 1 atom stereocenters. The molecule has 0 aromatic heterocycles. The molecule has 3 aromatic carbocycles. The van der Waals surface area contributed by atoms with E-state index in [1.165, 1.54) is 26.7 Å². The number of allylic oxidation sites excluding steroid dienone is 2. The van der Waals surface area contributed by atoms with Gasteiger partial charge in [0.05, 0.1) is 0 Å². The van der Waals surface area contributed by atoms with Gasteiger partial charge >= 0.3 is 0 Å². The van der Waals surface area contributed by atoms with E-state index < -0.39 is 8.07 Å². The topological polar surface area (TPSA) is 0 Å². The van der Waals surface area contributed by atoms with Crippen LogP contribution in [-0.4, -0.2) is 8.07 Å². The zero-order valence-electron chi connectivity index (χ0n) is 14.5. The van der Waals surface area contributed by atoms with Gasteiger partial charge in [-0.25, -0.2) is 0 Å². The van der Waals surface area contributed by atoms with Crippen LogP contribution in [-0.2, 0) is 0 Å². The molecule has 0 aliphatic rings. The van der Waals surface area contributed by atoms with Crippen molar-refractivity contribution < 1.29 is 0 Å². The molecule has 0 unspecified atom stereocenters. The Morgan fingerprint density at radius 2 is 1.50 bits per heavy atom. The average Bonchev–Trinajstić information content (AvgIpc) is 2.61. The summed E-state index contributed by atoms with van der Waals surface area (Å²) in [5, 5.41) is 5.36. The first kappa shape index (κ1) is 16.3. The zero-order chi connectivity index (χ0) is 17.0. The van der Waals surface area contributed by atoms with Gasteiger partial charge in [0.25, 0.3) is 0 Å². The van der Waals surface area contributed by atoms with Crippen LogP contribution in [0.2, 0.25) is 6.55 Å². The highest BCUT2D eigenvalue weighted by Crippen LogP contribution is 2.16. The third-order valence-electron chi connectivity index (χ3n) is 4.36. The van der Waals surface area contributed by atoms with Crippen LogP contribution < -0.4 is 10.4 Å². The second-order valence-corrected chi connectivity index (χ2v) is 10.1.